The van der Waals surface area contributed by atoms with Crippen molar-refractivity contribution < 1.29 is 4.79 Å². The average Bonchev–Trinajstić information content (AvgIpc) is 3.28. The van der Waals surface area contributed by atoms with Gasteiger partial charge < -0.3 is 9.88 Å². The molecule has 1 N–H and O–H groups in total. The molecule has 5 rings (SSSR count). The van der Waals surface area contributed by atoms with Gasteiger partial charge >= 0.3 is 0 Å². The number of nitrogens with one attached hydrogen (secondary N) is 1. The van der Waals surface area contributed by atoms with Crippen LogP contribution in [-0.2, 0) is 17.8 Å². The van der Waals surface area contributed by atoms with Gasteiger partial charge in [-0.25, -0.2) is 0 Å². The summed E-state index contributed by atoms with van der Waals surface area (Å²) in [4.78, 5) is 17.5. The van der Waals surface area contributed by atoms with Crippen molar-refractivity contribution in [3.05, 3.63) is 137 Å². The number of hydrogen-bond acceptors (Lipinski definition) is 2. The predicted octanol–water partition coefficient (Wildman–Crippen LogP) is 6.58. The van der Waals surface area contributed by atoms with Crippen molar-refractivity contribution in [3.63, 3.8) is 0 Å². The molecule has 0 aliphatic heterocycles. The molecule has 2 heterocycles. The summed E-state index contributed by atoms with van der Waals surface area (Å²) in [6, 6.07) is 31.7. The molecule has 0 fully saturated rings. The standard InChI is InChI=1S/C33H33N3O/c1-24-10-14-26(15-11-24)22-36-23-31(29-8-3-4-9-32(29)36)30(27-16-12-25(2)13-17-27)21-33(37)35-20-18-28-7-5-6-19-34-28/h3-17,19,23,30H,18,20-22H2,1-2H3,(H,35,37). The minimum atomic E-state index is -0.0420. The summed E-state index contributed by atoms with van der Waals surface area (Å²) in [6.07, 6.45) is 5.15. The van der Waals surface area contributed by atoms with Gasteiger partial charge in [0, 0.05) is 60.8 Å². The molecule has 37 heavy (non-hydrogen) atoms. The van der Waals surface area contributed by atoms with Gasteiger partial charge in [0.25, 0.3) is 0 Å². The Labute approximate surface area is 219 Å². The summed E-state index contributed by atoms with van der Waals surface area (Å²) >= 11 is 0. The first kappa shape index (κ1) is 24.5. The molecule has 0 saturated heterocycles. The molecule has 1 amide bonds. The lowest BCUT2D eigenvalue weighted by molar-refractivity contribution is -0.121. The van der Waals surface area contributed by atoms with Gasteiger partial charge in [-0.15, -0.1) is 0 Å². The van der Waals surface area contributed by atoms with Gasteiger partial charge in [0.15, 0.2) is 0 Å². The Bertz CT molecular complexity index is 1470. The molecule has 0 radical (unpaired) electrons. The summed E-state index contributed by atoms with van der Waals surface area (Å²) in [5, 5.41) is 4.32. The molecule has 0 saturated carbocycles. The van der Waals surface area contributed by atoms with Crippen LogP contribution in [0, 0.1) is 13.8 Å². The number of aromatic nitrogens is 2. The second kappa shape index (κ2) is 11.3. The van der Waals surface area contributed by atoms with Crippen LogP contribution in [0.1, 0.15) is 45.8 Å². The third-order valence-corrected chi connectivity index (χ3v) is 6.97. The predicted molar refractivity (Wildman–Crippen MR) is 151 cm³/mol. The van der Waals surface area contributed by atoms with Crippen molar-refractivity contribution in [2.24, 2.45) is 0 Å². The summed E-state index contributed by atoms with van der Waals surface area (Å²) in [5.74, 6) is 0.0106. The minimum Gasteiger partial charge on any atom is -0.356 e. The molecule has 2 aromatic heterocycles. The topological polar surface area (TPSA) is 46.9 Å². The highest BCUT2D eigenvalue weighted by atomic mass is 16.1. The number of benzene rings is 3. The van der Waals surface area contributed by atoms with Gasteiger partial charge in [0.1, 0.15) is 0 Å². The van der Waals surface area contributed by atoms with Crippen molar-refractivity contribution >= 4 is 16.8 Å². The van der Waals surface area contributed by atoms with Crippen LogP contribution in [0.25, 0.3) is 10.9 Å². The third kappa shape index (κ3) is 5.97. The normalized spacial score (nSPS) is 11.9. The zero-order valence-corrected chi connectivity index (χ0v) is 21.5. The zero-order chi connectivity index (χ0) is 25.6. The highest BCUT2D eigenvalue weighted by molar-refractivity contribution is 5.86. The lowest BCUT2D eigenvalue weighted by Crippen LogP contribution is -2.27. The van der Waals surface area contributed by atoms with E-state index < -0.39 is 0 Å². The van der Waals surface area contributed by atoms with Gasteiger partial charge in [-0.2, -0.15) is 0 Å². The number of pyridine rings is 1. The minimum absolute atomic E-state index is 0.0420. The lowest BCUT2D eigenvalue weighted by atomic mass is 9.87. The van der Waals surface area contributed by atoms with Gasteiger partial charge in [0.05, 0.1) is 0 Å². The number of hydrogen-bond donors (Lipinski definition) is 1. The largest absolute Gasteiger partial charge is 0.356 e. The Morgan fingerprint density at radius 3 is 2.30 bits per heavy atom. The number of carbonyl (C=O) groups is 1. The summed E-state index contributed by atoms with van der Waals surface area (Å²) in [5.41, 5.74) is 8.24. The monoisotopic (exact) mass is 487 g/mol. The van der Waals surface area contributed by atoms with Gasteiger partial charge in [0.2, 0.25) is 5.91 Å². The fourth-order valence-corrected chi connectivity index (χ4v) is 4.91. The first-order valence-corrected chi connectivity index (χ1v) is 12.9. The SMILES string of the molecule is Cc1ccc(Cn2cc(C(CC(=O)NCCc3ccccn3)c3ccc(C)cc3)c3ccccc32)cc1. The van der Waals surface area contributed by atoms with Crippen LogP contribution in [0.3, 0.4) is 0 Å². The van der Waals surface area contributed by atoms with Crippen LogP contribution < -0.4 is 5.32 Å². The molecule has 4 heteroatoms. The Hall–Kier alpha value is -4.18. The lowest BCUT2D eigenvalue weighted by Gasteiger charge is -2.18. The van der Waals surface area contributed by atoms with Crippen LogP contribution in [0.15, 0.2) is 103 Å². The van der Waals surface area contributed by atoms with E-state index in [9.17, 15) is 4.79 Å². The fraction of sp³-hybridized carbons (Fsp3) is 0.212. The van der Waals surface area contributed by atoms with E-state index in [1.807, 2.05) is 18.2 Å². The molecule has 0 bridgehead atoms. The van der Waals surface area contributed by atoms with E-state index in [2.05, 4.69) is 108 Å². The maximum atomic E-state index is 13.2. The number of nitrogens with zero attached hydrogens (tertiary/aromatic N) is 2. The molecule has 5 aromatic rings. The van der Waals surface area contributed by atoms with E-state index in [0.717, 1.165) is 24.2 Å². The molecule has 4 nitrogen and oxygen atoms in total. The van der Waals surface area contributed by atoms with Gasteiger partial charge in [-0.1, -0.05) is 83.9 Å². The van der Waals surface area contributed by atoms with Crippen LogP contribution in [0.2, 0.25) is 0 Å². The molecular formula is C33H33N3O. The molecule has 1 atom stereocenters. The highest BCUT2D eigenvalue weighted by Gasteiger charge is 2.23. The van der Waals surface area contributed by atoms with E-state index >= 15 is 0 Å². The van der Waals surface area contributed by atoms with Gasteiger partial charge in [-0.05, 0) is 48.7 Å². The number of carbonyl (C=O) groups excluding carboxylic acids is 1. The summed E-state index contributed by atoms with van der Waals surface area (Å²) in [7, 11) is 0. The Balaban J connectivity index is 1.44. The van der Waals surface area contributed by atoms with E-state index in [4.69, 9.17) is 0 Å². The smallest absolute Gasteiger partial charge is 0.220 e. The van der Waals surface area contributed by atoms with Crippen LogP contribution in [0.4, 0.5) is 0 Å². The number of para-hydroxylation sites is 1. The Morgan fingerprint density at radius 1 is 0.865 bits per heavy atom. The van der Waals surface area contributed by atoms with E-state index in [1.165, 1.54) is 33.2 Å². The van der Waals surface area contributed by atoms with Crippen molar-refractivity contribution in [3.8, 4) is 0 Å². The second-order valence-corrected chi connectivity index (χ2v) is 9.80. The quantitative estimate of drug-likeness (QED) is 0.255. The molecule has 186 valence electrons. The number of fused-ring (bicyclic) bond motifs is 1. The Morgan fingerprint density at radius 2 is 1.57 bits per heavy atom. The third-order valence-electron chi connectivity index (χ3n) is 6.97. The van der Waals surface area contributed by atoms with E-state index in [-0.39, 0.29) is 11.8 Å². The maximum Gasteiger partial charge on any atom is 0.220 e. The number of amides is 1. The number of aryl methyl sites for hydroxylation is 2. The molecule has 1 unspecified atom stereocenters. The fourth-order valence-electron chi connectivity index (χ4n) is 4.91. The van der Waals surface area contributed by atoms with Crippen LogP contribution in [0.5, 0.6) is 0 Å². The second-order valence-electron chi connectivity index (χ2n) is 9.80. The van der Waals surface area contributed by atoms with E-state index in [0.29, 0.717) is 13.0 Å². The maximum absolute atomic E-state index is 13.2. The van der Waals surface area contributed by atoms with Gasteiger partial charge in [-0.3, -0.25) is 9.78 Å². The average molecular weight is 488 g/mol. The highest BCUT2D eigenvalue weighted by Crippen LogP contribution is 2.35. The van der Waals surface area contributed by atoms with E-state index in [1.54, 1.807) is 6.20 Å². The number of rotatable bonds is 9. The first-order chi connectivity index (χ1) is 18.1. The first-order valence-electron chi connectivity index (χ1n) is 12.9. The molecule has 0 spiro atoms. The molecule has 3 aromatic carbocycles. The van der Waals surface area contributed by atoms with Crippen molar-refractivity contribution in [1.82, 2.24) is 14.9 Å². The van der Waals surface area contributed by atoms with Crippen molar-refractivity contribution in [2.75, 3.05) is 6.54 Å². The summed E-state index contributed by atoms with van der Waals surface area (Å²) in [6.45, 7) is 5.57. The Kier molecular flexibility index (Phi) is 7.46. The molecule has 0 aliphatic carbocycles. The molecular weight excluding hydrogens is 454 g/mol. The summed E-state index contributed by atoms with van der Waals surface area (Å²) < 4.78 is 2.31. The van der Waals surface area contributed by atoms with Crippen molar-refractivity contribution in [1.29, 1.82) is 0 Å². The van der Waals surface area contributed by atoms with Crippen LogP contribution in [-0.4, -0.2) is 22.0 Å². The molecule has 0 aliphatic rings. The zero-order valence-electron chi connectivity index (χ0n) is 21.5. The van der Waals surface area contributed by atoms with Crippen LogP contribution >= 0.6 is 0 Å². The van der Waals surface area contributed by atoms with Crippen molar-refractivity contribution in [2.45, 2.75) is 39.2 Å².